The van der Waals surface area contributed by atoms with E-state index in [1.807, 2.05) is 21.0 Å². The number of aromatic nitrogens is 2. The molecule has 0 saturated heterocycles. The van der Waals surface area contributed by atoms with Crippen LogP contribution in [-0.2, 0) is 0 Å². The van der Waals surface area contributed by atoms with E-state index in [-0.39, 0.29) is 5.78 Å². The van der Waals surface area contributed by atoms with Gasteiger partial charge >= 0.3 is 0 Å². The minimum atomic E-state index is -0.192. The van der Waals surface area contributed by atoms with Crippen molar-refractivity contribution in [1.29, 1.82) is 0 Å². The van der Waals surface area contributed by atoms with Crippen LogP contribution in [0, 0.1) is 6.92 Å². The van der Waals surface area contributed by atoms with E-state index in [0.717, 1.165) is 5.69 Å². The van der Waals surface area contributed by atoms with Crippen LogP contribution < -0.4 is 0 Å². The number of Topliss-reactive ketones (excluding diaryl/α,β-unsaturated/α-hetero) is 1. The molecule has 2 rings (SSSR count). The lowest BCUT2D eigenvalue weighted by Crippen LogP contribution is -2.13. The summed E-state index contributed by atoms with van der Waals surface area (Å²) < 4.78 is 1.68. The summed E-state index contributed by atoms with van der Waals surface area (Å²) in [7, 11) is 3.70. The van der Waals surface area contributed by atoms with Crippen LogP contribution in [-0.4, -0.2) is 34.3 Å². The highest BCUT2D eigenvalue weighted by molar-refractivity contribution is 6.39. The van der Waals surface area contributed by atoms with Crippen LogP contribution in [0.25, 0.3) is 5.70 Å². The molecule has 0 aliphatic rings. The van der Waals surface area contributed by atoms with Crippen molar-refractivity contribution in [3.63, 3.8) is 0 Å². The van der Waals surface area contributed by atoms with Crippen LogP contribution in [0.5, 0.6) is 0 Å². The summed E-state index contributed by atoms with van der Waals surface area (Å²) in [4.78, 5) is 18.7. The molecule has 0 saturated carbocycles. The lowest BCUT2D eigenvalue weighted by molar-refractivity contribution is 0.105. The second-order valence-electron chi connectivity index (χ2n) is 4.85. The normalized spacial score (nSPS) is 11.6. The van der Waals surface area contributed by atoms with E-state index in [0.29, 0.717) is 21.3 Å². The molecule has 0 unspecified atom stereocenters. The van der Waals surface area contributed by atoms with Crippen LogP contribution in [0.2, 0.25) is 10.0 Å². The third kappa shape index (κ3) is 3.65. The van der Waals surface area contributed by atoms with Gasteiger partial charge in [0.15, 0.2) is 0 Å². The highest BCUT2D eigenvalue weighted by Crippen LogP contribution is 2.25. The Morgan fingerprint density at radius 1 is 1.33 bits per heavy atom. The highest BCUT2D eigenvalue weighted by atomic mass is 35.5. The first-order chi connectivity index (χ1) is 9.88. The summed E-state index contributed by atoms with van der Waals surface area (Å²) in [5.41, 5.74) is 1.69. The van der Waals surface area contributed by atoms with Crippen LogP contribution in [0.3, 0.4) is 0 Å². The number of benzene rings is 1. The standard InChI is InChI=1S/C15H15Cl2N3O/c1-10-7-20(9-18-10)14(8-19(2)3)15(21)12-5-4-11(16)6-13(12)17/h4-9H,1-3H3/b14-8+. The third-order valence-corrected chi connectivity index (χ3v) is 3.33. The zero-order valence-electron chi connectivity index (χ0n) is 12.0. The molecule has 4 nitrogen and oxygen atoms in total. The number of ketones is 1. The van der Waals surface area contributed by atoms with Crippen molar-refractivity contribution >= 4 is 34.7 Å². The first-order valence-electron chi connectivity index (χ1n) is 6.27. The van der Waals surface area contributed by atoms with Crippen molar-refractivity contribution in [3.05, 3.63) is 58.2 Å². The van der Waals surface area contributed by atoms with E-state index in [1.54, 1.807) is 46.4 Å². The van der Waals surface area contributed by atoms with Crippen LogP contribution in [0.15, 0.2) is 36.9 Å². The maximum Gasteiger partial charge on any atom is 0.212 e. The van der Waals surface area contributed by atoms with Gasteiger partial charge in [-0.3, -0.25) is 4.79 Å². The minimum Gasteiger partial charge on any atom is -0.382 e. The molecule has 21 heavy (non-hydrogen) atoms. The van der Waals surface area contributed by atoms with E-state index >= 15 is 0 Å². The van der Waals surface area contributed by atoms with Crippen molar-refractivity contribution in [3.8, 4) is 0 Å². The smallest absolute Gasteiger partial charge is 0.212 e. The number of rotatable bonds is 4. The quantitative estimate of drug-likeness (QED) is 0.635. The molecule has 0 aliphatic heterocycles. The van der Waals surface area contributed by atoms with Gasteiger partial charge in [-0.1, -0.05) is 23.2 Å². The molecule has 0 bridgehead atoms. The first-order valence-corrected chi connectivity index (χ1v) is 7.03. The van der Waals surface area contributed by atoms with Gasteiger partial charge in [-0.15, -0.1) is 0 Å². The van der Waals surface area contributed by atoms with Crippen molar-refractivity contribution in [2.24, 2.45) is 0 Å². The Hall–Kier alpha value is -1.78. The number of imidazole rings is 1. The number of carbonyl (C=O) groups excluding carboxylic acids is 1. The van der Waals surface area contributed by atoms with Gasteiger partial charge in [0.1, 0.15) is 5.70 Å². The van der Waals surface area contributed by atoms with Gasteiger partial charge in [0.25, 0.3) is 0 Å². The van der Waals surface area contributed by atoms with Gasteiger partial charge in [0, 0.05) is 37.1 Å². The SMILES string of the molecule is Cc1cn(/C(=C/N(C)C)C(=O)c2ccc(Cl)cc2Cl)cn1. The van der Waals surface area contributed by atoms with Crippen LogP contribution >= 0.6 is 23.2 Å². The molecule has 2 aromatic rings. The van der Waals surface area contributed by atoms with Crippen molar-refractivity contribution < 1.29 is 4.79 Å². The average molecular weight is 324 g/mol. The lowest BCUT2D eigenvalue weighted by atomic mass is 10.1. The minimum absolute atomic E-state index is 0.192. The largest absolute Gasteiger partial charge is 0.382 e. The Bertz CT molecular complexity index is 705. The lowest BCUT2D eigenvalue weighted by Gasteiger charge is -2.13. The zero-order valence-corrected chi connectivity index (χ0v) is 13.5. The molecule has 0 atom stereocenters. The molecule has 1 aromatic carbocycles. The molecule has 0 fully saturated rings. The number of halogens is 2. The monoisotopic (exact) mass is 323 g/mol. The van der Waals surface area contributed by atoms with Gasteiger partial charge in [-0.25, -0.2) is 4.98 Å². The fourth-order valence-corrected chi connectivity index (χ4v) is 2.35. The van der Waals surface area contributed by atoms with Crippen LogP contribution in [0.4, 0.5) is 0 Å². The number of allylic oxidation sites excluding steroid dienone is 1. The molecule has 0 spiro atoms. The fraction of sp³-hybridized carbons (Fsp3) is 0.200. The number of carbonyl (C=O) groups is 1. The molecule has 1 aromatic heterocycles. The Balaban J connectivity index is 2.49. The molecular formula is C15H15Cl2N3O. The van der Waals surface area contributed by atoms with Crippen molar-refractivity contribution in [2.75, 3.05) is 14.1 Å². The zero-order chi connectivity index (χ0) is 15.6. The van der Waals surface area contributed by atoms with Gasteiger partial charge in [0.05, 0.1) is 17.0 Å². The number of nitrogens with zero attached hydrogens (tertiary/aromatic N) is 3. The summed E-state index contributed by atoms with van der Waals surface area (Å²) in [6, 6.07) is 4.83. The molecule has 6 heteroatoms. The van der Waals surface area contributed by atoms with Gasteiger partial charge < -0.3 is 9.47 Å². The summed E-state index contributed by atoms with van der Waals surface area (Å²) in [5.74, 6) is -0.192. The molecular weight excluding hydrogens is 309 g/mol. The maximum atomic E-state index is 12.8. The number of aryl methyl sites for hydroxylation is 1. The summed E-state index contributed by atoms with van der Waals surface area (Å²) in [6.07, 6.45) is 5.12. The molecule has 0 radical (unpaired) electrons. The Labute approximate surface area is 133 Å². The van der Waals surface area contributed by atoms with Gasteiger partial charge in [-0.05, 0) is 25.1 Å². The van der Waals surface area contributed by atoms with Crippen molar-refractivity contribution in [2.45, 2.75) is 6.92 Å². The predicted molar refractivity (Wildman–Crippen MR) is 85.7 cm³/mol. The second kappa shape index (κ2) is 6.33. The molecule has 0 amide bonds. The predicted octanol–water partition coefficient (Wildman–Crippen LogP) is 3.74. The molecule has 0 aliphatic carbocycles. The fourth-order valence-electron chi connectivity index (χ4n) is 1.85. The van der Waals surface area contributed by atoms with E-state index in [4.69, 9.17) is 23.2 Å². The van der Waals surface area contributed by atoms with Gasteiger partial charge in [0.2, 0.25) is 5.78 Å². The molecule has 0 N–H and O–H groups in total. The highest BCUT2D eigenvalue weighted by Gasteiger charge is 2.18. The Morgan fingerprint density at radius 3 is 2.57 bits per heavy atom. The topological polar surface area (TPSA) is 38.1 Å². The third-order valence-electron chi connectivity index (χ3n) is 2.78. The number of hydrogen-bond acceptors (Lipinski definition) is 3. The number of hydrogen-bond donors (Lipinski definition) is 0. The summed E-state index contributed by atoms with van der Waals surface area (Å²) in [6.45, 7) is 1.86. The molecule has 1 heterocycles. The van der Waals surface area contributed by atoms with Crippen molar-refractivity contribution in [1.82, 2.24) is 14.5 Å². The van der Waals surface area contributed by atoms with Crippen LogP contribution in [0.1, 0.15) is 16.1 Å². The second-order valence-corrected chi connectivity index (χ2v) is 5.70. The Morgan fingerprint density at radius 2 is 2.05 bits per heavy atom. The maximum absolute atomic E-state index is 12.8. The van der Waals surface area contributed by atoms with E-state index in [9.17, 15) is 4.79 Å². The van der Waals surface area contributed by atoms with E-state index in [1.165, 1.54) is 0 Å². The average Bonchev–Trinajstić information content (AvgIpc) is 2.81. The van der Waals surface area contributed by atoms with E-state index < -0.39 is 0 Å². The molecule has 110 valence electrons. The first kappa shape index (κ1) is 15.6. The Kier molecular flexibility index (Phi) is 4.70. The van der Waals surface area contributed by atoms with E-state index in [2.05, 4.69) is 4.98 Å². The summed E-state index contributed by atoms with van der Waals surface area (Å²) in [5, 5.41) is 0.821. The summed E-state index contributed by atoms with van der Waals surface area (Å²) >= 11 is 12.0. The van der Waals surface area contributed by atoms with Gasteiger partial charge in [-0.2, -0.15) is 0 Å².